The van der Waals surface area contributed by atoms with Crippen LogP contribution in [-0.2, 0) is 22.7 Å². The molecular formula is C23H30O3. The molecule has 1 aliphatic rings. The summed E-state index contributed by atoms with van der Waals surface area (Å²) in [7, 11) is 0. The Kier molecular flexibility index (Phi) is 6.47. The van der Waals surface area contributed by atoms with Gasteiger partial charge < -0.3 is 14.6 Å². The highest BCUT2D eigenvalue weighted by molar-refractivity contribution is 5.14. The van der Waals surface area contributed by atoms with Gasteiger partial charge in [-0.1, -0.05) is 81.4 Å². The Morgan fingerprint density at radius 2 is 1.04 bits per heavy atom. The minimum Gasteiger partial charge on any atom is -0.388 e. The summed E-state index contributed by atoms with van der Waals surface area (Å²) in [6.45, 7) is 7.61. The topological polar surface area (TPSA) is 38.7 Å². The highest BCUT2D eigenvalue weighted by Crippen LogP contribution is 2.38. The molecule has 0 bridgehead atoms. The van der Waals surface area contributed by atoms with E-state index in [1.165, 1.54) is 0 Å². The van der Waals surface area contributed by atoms with Crippen LogP contribution in [0.2, 0.25) is 0 Å². The van der Waals surface area contributed by atoms with Gasteiger partial charge in [0.05, 0.1) is 25.4 Å². The molecule has 0 spiro atoms. The van der Waals surface area contributed by atoms with E-state index in [-0.39, 0.29) is 24.0 Å². The van der Waals surface area contributed by atoms with Crippen LogP contribution in [0, 0.1) is 17.8 Å². The molecule has 2 aromatic carbocycles. The molecule has 3 rings (SSSR count). The van der Waals surface area contributed by atoms with E-state index in [2.05, 4.69) is 45.0 Å². The predicted octanol–water partition coefficient (Wildman–Crippen LogP) is 4.44. The van der Waals surface area contributed by atoms with Crippen molar-refractivity contribution in [2.45, 2.75) is 52.3 Å². The Bertz CT molecular complexity index is 600. The molecule has 0 aromatic heterocycles. The molecule has 2 aromatic rings. The Morgan fingerprint density at radius 1 is 0.654 bits per heavy atom. The molecule has 0 saturated heterocycles. The van der Waals surface area contributed by atoms with Gasteiger partial charge in [0.2, 0.25) is 0 Å². The van der Waals surface area contributed by atoms with Crippen molar-refractivity contribution >= 4 is 0 Å². The largest absolute Gasteiger partial charge is 0.388 e. The van der Waals surface area contributed by atoms with Crippen molar-refractivity contribution < 1.29 is 14.6 Å². The number of rotatable bonds is 6. The van der Waals surface area contributed by atoms with E-state index in [0.29, 0.717) is 19.1 Å². The first-order chi connectivity index (χ1) is 12.6. The van der Waals surface area contributed by atoms with Crippen molar-refractivity contribution in [1.82, 2.24) is 0 Å². The number of benzene rings is 2. The Morgan fingerprint density at radius 3 is 1.42 bits per heavy atom. The number of hydrogen-bond donors (Lipinski definition) is 1. The summed E-state index contributed by atoms with van der Waals surface area (Å²) in [5.74, 6) is 0.973. The summed E-state index contributed by atoms with van der Waals surface area (Å²) in [4.78, 5) is 0. The Balaban J connectivity index is 1.66. The van der Waals surface area contributed by atoms with Crippen molar-refractivity contribution in [3.8, 4) is 0 Å². The summed E-state index contributed by atoms with van der Waals surface area (Å²) in [5.41, 5.74) is 2.25. The van der Waals surface area contributed by atoms with E-state index in [1.54, 1.807) is 0 Å². The van der Waals surface area contributed by atoms with Crippen molar-refractivity contribution in [2.75, 3.05) is 0 Å². The van der Waals surface area contributed by atoms with Crippen molar-refractivity contribution in [2.24, 2.45) is 17.8 Å². The fraction of sp³-hybridized carbons (Fsp3) is 0.478. The molecule has 1 fully saturated rings. The monoisotopic (exact) mass is 354 g/mol. The second kappa shape index (κ2) is 8.81. The minimum atomic E-state index is -0.622. The maximum absolute atomic E-state index is 11.0. The van der Waals surface area contributed by atoms with E-state index in [4.69, 9.17) is 9.47 Å². The fourth-order valence-corrected chi connectivity index (χ4v) is 3.92. The minimum absolute atomic E-state index is 0.220. The van der Waals surface area contributed by atoms with E-state index >= 15 is 0 Å². The standard InChI is InChI=1S/C23H30O3/c1-16-17(2)22(25-14-19-10-6-4-7-11-19)21(24)23(18(16)3)26-15-20-12-8-5-9-13-20/h4-13,16-18,21-24H,14-15H2,1-3H3. The van der Waals surface area contributed by atoms with Crippen LogP contribution in [0.25, 0.3) is 0 Å². The molecule has 3 heteroatoms. The molecule has 1 aliphatic carbocycles. The van der Waals surface area contributed by atoms with Gasteiger partial charge in [0.15, 0.2) is 0 Å². The third kappa shape index (κ3) is 4.35. The van der Waals surface area contributed by atoms with Crippen LogP contribution < -0.4 is 0 Å². The second-order valence-corrected chi connectivity index (χ2v) is 7.59. The first-order valence-electron chi connectivity index (χ1n) is 9.57. The molecule has 3 nitrogen and oxygen atoms in total. The molecule has 140 valence electrons. The smallest absolute Gasteiger partial charge is 0.107 e. The lowest BCUT2D eigenvalue weighted by atomic mass is 9.70. The van der Waals surface area contributed by atoms with Crippen molar-refractivity contribution in [3.63, 3.8) is 0 Å². The summed E-state index contributed by atoms with van der Waals surface area (Å²) >= 11 is 0. The molecule has 4 atom stereocenters. The van der Waals surface area contributed by atoms with E-state index in [9.17, 15) is 5.11 Å². The highest BCUT2D eigenvalue weighted by atomic mass is 16.5. The zero-order valence-electron chi connectivity index (χ0n) is 15.9. The third-order valence-corrected chi connectivity index (χ3v) is 5.94. The number of ether oxygens (including phenoxy) is 2. The van der Waals surface area contributed by atoms with Gasteiger partial charge in [-0.2, -0.15) is 0 Å². The lowest BCUT2D eigenvalue weighted by Crippen LogP contribution is -2.55. The van der Waals surface area contributed by atoms with Crippen molar-refractivity contribution in [1.29, 1.82) is 0 Å². The van der Waals surface area contributed by atoms with Crippen LogP contribution >= 0.6 is 0 Å². The van der Waals surface area contributed by atoms with Gasteiger partial charge in [-0.05, 0) is 28.9 Å². The van der Waals surface area contributed by atoms with Gasteiger partial charge in [0, 0.05) is 0 Å². The maximum Gasteiger partial charge on any atom is 0.107 e. The molecule has 4 unspecified atom stereocenters. The summed E-state index contributed by atoms with van der Waals surface area (Å²) in [6.07, 6.45) is -1.06. The van der Waals surface area contributed by atoms with Gasteiger partial charge in [-0.15, -0.1) is 0 Å². The molecule has 0 amide bonds. The van der Waals surface area contributed by atoms with Crippen LogP contribution in [0.1, 0.15) is 31.9 Å². The zero-order chi connectivity index (χ0) is 18.5. The fourth-order valence-electron chi connectivity index (χ4n) is 3.92. The maximum atomic E-state index is 11.0. The van der Waals surface area contributed by atoms with Gasteiger partial charge in [0.25, 0.3) is 0 Å². The lowest BCUT2D eigenvalue weighted by Gasteiger charge is -2.46. The first-order valence-corrected chi connectivity index (χ1v) is 9.57. The molecule has 26 heavy (non-hydrogen) atoms. The van der Waals surface area contributed by atoms with Gasteiger partial charge in [-0.25, -0.2) is 0 Å². The predicted molar refractivity (Wildman–Crippen MR) is 104 cm³/mol. The van der Waals surface area contributed by atoms with E-state index in [0.717, 1.165) is 11.1 Å². The Labute approximate surface area is 157 Å². The molecule has 0 heterocycles. The molecule has 0 aliphatic heterocycles. The summed E-state index contributed by atoms with van der Waals surface area (Å²) < 4.78 is 12.3. The zero-order valence-corrected chi connectivity index (χ0v) is 15.9. The second-order valence-electron chi connectivity index (χ2n) is 7.59. The van der Waals surface area contributed by atoms with E-state index < -0.39 is 6.10 Å². The molecule has 1 N–H and O–H groups in total. The number of hydrogen-bond acceptors (Lipinski definition) is 3. The van der Waals surface area contributed by atoms with Crippen LogP contribution in [0.5, 0.6) is 0 Å². The Hall–Kier alpha value is -1.68. The van der Waals surface area contributed by atoms with Crippen LogP contribution in [0.4, 0.5) is 0 Å². The first kappa shape index (κ1) is 19.1. The molecular weight excluding hydrogens is 324 g/mol. The van der Waals surface area contributed by atoms with E-state index in [1.807, 2.05) is 36.4 Å². The average Bonchev–Trinajstić information content (AvgIpc) is 2.68. The van der Waals surface area contributed by atoms with Crippen LogP contribution in [0.3, 0.4) is 0 Å². The van der Waals surface area contributed by atoms with Gasteiger partial charge in [0.1, 0.15) is 6.10 Å². The summed E-state index contributed by atoms with van der Waals surface area (Å²) in [6, 6.07) is 20.2. The third-order valence-electron chi connectivity index (χ3n) is 5.94. The van der Waals surface area contributed by atoms with Crippen LogP contribution in [-0.4, -0.2) is 23.4 Å². The molecule has 1 saturated carbocycles. The lowest BCUT2D eigenvalue weighted by molar-refractivity contribution is -0.193. The SMILES string of the molecule is CC1C(C)C(OCc2ccccc2)C(O)C(OCc2ccccc2)C1C. The number of aliphatic hydroxyl groups excluding tert-OH is 1. The normalized spacial score (nSPS) is 31.7. The highest BCUT2D eigenvalue weighted by Gasteiger charge is 2.46. The van der Waals surface area contributed by atoms with Crippen molar-refractivity contribution in [3.05, 3.63) is 71.8 Å². The van der Waals surface area contributed by atoms with Crippen LogP contribution in [0.15, 0.2) is 60.7 Å². The summed E-state index contributed by atoms with van der Waals surface area (Å²) in [5, 5.41) is 11.0. The quantitative estimate of drug-likeness (QED) is 0.833. The van der Waals surface area contributed by atoms with Gasteiger partial charge >= 0.3 is 0 Å². The molecule has 0 radical (unpaired) electrons. The number of aliphatic hydroxyl groups is 1. The average molecular weight is 354 g/mol. The van der Waals surface area contributed by atoms with Gasteiger partial charge in [-0.3, -0.25) is 0 Å².